The molecule has 1 heterocycles. The first-order valence-electron chi connectivity index (χ1n) is 9.64. The zero-order valence-electron chi connectivity index (χ0n) is 17.0. The summed E-state index contributed by atoms with van der Waals surface area (Å²) in [6.07, 6.45) is 0. The Balaban J connectivity index is 1.39. The molecule has 4 aromatic rings. The van der Waals surface area contributed by atoms with Gasteiger partial charge < -0.3 is 19.8 Å². The van der Waals surface area contributed by atoms with Gasteiger partial charge in [-0.2, -0.15) is 0 Å². The first kappa shape index (κ1) is 20.9. The minimum absolute atomic E-state index is 0.289. The van der Waals surface area contributed by atoms with Crippen molar-refractivity contribution in [3.05, 3.63) is 78.1 Å². The van der Waals surface area contributed by atoms with Crippen LogP contribution in [-0.2, 0) is 4.79 Å². The largest absolute Gasteiger partial charge is 0.493 e. The van der Waals surface area contributed by atoms with E-state index in [4.69, 9.17) is 9.47 Å². The third-order valence-electron chi connectivity index (χ3n) is 4.53. The standard InChI is InChI=1S/C23H19FN4O4/c1-31-20-12-14(22(30)28-23-26-17-4-2-3-5-18(17)27-23)6-11-19(20)32-13-21(29)25-16-9-7-15(24)8-10-16/h2-12H,13H2,1H3,(H,25,29)(H2,26,27,28,30). The van der Waals surface area contributed by atoms with Gasteiger partial charge in [-0.1, -0.05) is 12.1 Å². The average molecular weight is 434 g/mol. The summed E-state index contributed by atoms with van der Waals surface area (Å²) < 4.78 is 23.8. The molecule has 8 nitrogen and oxygen atoms in total. The molecule has 0 bridgehead atoms. The molecule has 0 saturated heterocycles. The smallest absolute Gasteiger partial charge is 0.262 e. The van der Waals surface area contributed by atoms with Crippen LogP contribution in [0.4, 0.5) is 16.0 Å². The van der Waals surface area contributed by atoms with Gasteiger partial charge in [0.1, 0.15) is 5.82 Å². The molecule has 0 spiro atoms. The van der Waals surface area contributed by atoms with Gasteiger partial charge >= 0.3 is 0 Å². The van der Waals surface area contributed by atoms with E-state index in [0.29, 0.717) is 22.9 Å². The Morgan fingerprint density at radius 1 is 1.00 bits per heavy atom. The SMILES string of the molecule is COc1cc(C(=O)Nc2nc3ccccc3[nH]2)ccc1OCC(=O)Nc1ccc(F)cc1. The van der Waals surface area contributed by atoms with E-state index < -0.39 is 11.7 Å². The van der Waals surface area contributed by atoms with E-state index in [2.05, 4.69) is 20.6 Å². The van der Waals surface area contributed by atoms with Crippen molar-refractivity contribution in [3.63, 3.8) is 0 Å². The molecule has 0 aliphatic carbocycles. The summed E-state index contributed by atoms with van der Waals surface area (Å²) in [4.78, 5) is 32.0. The third-order valence-corrected chi connectivity index (χ3v) is 4.53. The Labute approximate surface area is 182 Å². The first-order chi connectivity index (χ1) is 15.5. The molecule has 0 unspecified atom stereocenters. The minimum atomic E-state index is -0.426. The van der Waals surface area contributed by atoms with Gasteiger partial charge in [0.2, 0.25) is 5.95 Å². The molecule has 0 fully saturated rings. The number of aromatic nitrogens is 2. The molecule has 1 aromatic heterocycles. The quantitative estimate of drug-likeness (QED) is 0.408. The van der Waals surface area contributed by atoms with Crippen molar-refractivity contribution < 1.29 is 23.5 Å². The van der Waals surface area contributed by atoms with Crippen LogP contribution in [0, 0.1) is 5.82 Å². The Hall–Kier alpha value is -4.40. The van der Waals surface area contributed by atoms with E-state index in [1.807, 2.05) is 24.3 Å². The fourth-order valence-electron chi connectivity index (χ4n) is 2.99. The molecule has 0 aliphatic rings. The average Bonchev–Trinajstić information content (AvgIpc) is 3.21. The number of aromatic amines is 1. The second kappa shape index (κ2) is 9.17. The summed E-state index contributed by atoms with van der Waals surface area (Å²) >= 11 is 0. The van der Waals surface area contributed by atoms with Crippen LogP contribution in [0.3, 0.4) is 0 Å². The number of nitrogens with zero attached hydrogens (tertiary/aromatic N) is 1. The lowest BCUT2D eigenvalue weighted by Gasteiger charge is -2.12. The number of fused-ring (bicyclic) bond motifs is 1. The Bertz CT molecular complexity index is 1240. The number of hydrogen-bond donors (Lipinski definition) is 3. The summed E-state index contributed by atoms with van der Waals surface area (Å²) in [5.74, 6) is -0.298. The number of benzene rings is 3. The van der Waals surface area contributed by atoms with Crippen LogP contribution in [0.2, 0.25) is 0 Å². The number of rotatable bonds is 7. The number of imidazole rings is 1. The number of carbonyl (C=O) groups excluding carboxylic acids is 2. The molecule has 9 heteroatoms. The maximum atomic E-state index is 13.0. The van der Waals surface area contributed by atoms with Gasteiger partial charge in [0.05, 0.1) is 18.1 Å². The number of anilines is 2. The number of nitrogens with one attached hydrogen (secondary N) is 3. The summed E-state index contributed by atoms with van der Waals surface area (Å²) in [5.41, 5.74) is 2.32. The molecule has 0 aliphatic heterocycles. The van der Waals surface area contributed by atoms with E-state index >= 15 is 0 Å². The lowest BCUT2D eigenvalue weighted by Crippen LogP contribution is -2.20. The van der Waals surface area contributed by atoms with Crippen LogP contribution >= 0.6 is 0 Å². The van der Waals surface area contributed by atoms with Crippen molar-refractivity contribution in [1.29, 1.82) is 0 Å². The lowest BCUT2D eigenvalue weighted by molar-refractivity contribution is -0.118. The second-order valence-electron chi connectivity index (χ2n) is 6.77. The predicted molar refractivity (Wildman–Crippen MR) is 118 cm³/mol. The zero-order valence-corrected chi connectivity index (χ0v) is 17.0. The van der Waals surface area contributed by atoms with Gasteiger partial charge in [-0.05, 0) is 54.6 Å². The monoisotopic (exact) mass is 434 g/mol. The van der Waals surface area contributed by atoms with Crippen LogP contribution < -0.4 is 20.1 Å². The molecule has 32 heavy (non-hydrogen) atoms. The van der Waals surface area contributed by atoms with E-state index in [1.54, 1.807) is 6.07 Å². The minimum Gasteiger partial charge on any atom is -0.493 e. The summed E-state index contributed by atoms with van der Waals surface area (Å²) in [5, 5.41) is 5.31. The van der Waals surface area contributed by atoms with E-state index in [0.717, 1.165) is 11.0 Å². The Kier molecular flexibility index (Phi) is 5.98. The highest BCUT2D eigenvalue weighted by atomic mass is 19.1. The molecule has 3 aromatic carbocycles. The van der Waals surface area contributed by atoms with Gasteiger partial charge in [0.25, 0.3) is 11.8 Å². The number of H-pyrrole nitrogens is 1. The topological polar surface area (TPSA) is 105 Å². The first-order valence-corrected chi connectivity index (χ1v) is 9.64. The van der Waals surface area contributed by atoms with Crippen LogP contribution in [0.15, 0.2) is 66.7 Å². The Morgan fingerprint density at radius 2 is 1.78 bits per heavy atom. The van der Waals surface area contributed by atoms with Gasteiger partial charge in [0.15, 0.2) is 18.1 Å². The molecule has 4 rings (SSSR count). The van der Waals surface area contributed by atoms with Crippen LogP contribution in [0.1, 0.15) is 10.4 Å². The number of hydrogen-bond acceptors (Lipinski definition) is 5. The number of para-hydroxylation sites is 2. The maximum absolute atomic E-state index is 13.0. The zero-order chi connectivity index (χ0) is 22.5. The van der Waals surface area contributed by atoms with Gasteiger partial charge in [-0.15, -0.1) is 0 Å². The molecule has 0 saturated carbocycles. The normalized spacial score (nSPS) is 10.6. The van der Waals surface area contributed by atoms with E-state index in [-0.39, 0.29) is 18.3 Å². The van der Waals surface area contributed by atoms with Crippen LogP contribution in [0.25, 0.3) is 11.0 Å². The number of carbonyl (C=O) groups is 2. The number of amides is 2. The van der Waals surface area contributed by atoms with Crippen molar-refractivity contribution >= 4 is 34.5 Å². The highest BCUT2D eigenvalue weighted by molar-refractivity contribution is 6.04. The predicted octanol–water partition coefficient (Wildman–Crippen LogP) is 3.98. The van der Waals surface area contributed by atoms with E-state index in [1.165, 1.54) is 43.5 Å². The lowest BCUT2D eigenvalue weighted by atomic mass is 10.2. The summed E-state index contributed by atoms with van der Waals surface area (Å²) in [7, 11) is 1.43. The van der Waals surface area contributed by atoms with Gasteiger partial charge in [0, 0.05) is 11.3 Å². The van der Waals surface area contributed by atoms with Crippen LogP contribution in [-0.4, -0.2) is 35.5 Å². The van der Waals surface area contributed by atoms with E-state index in [9.17, 15) is 14.0 Å². The molecule has 3 N–H and O–H groups in total. The van der Waals surface area contributed by atoms with Crippen molar-refractivity contribution in [2.24, 2.45) is 0 Å². The van der Waals surface area contributed by atoms with Gasteiger partial charge in [-0.3, -0.25) is 14.9 Å². The molecule has 2 amide bonds. The third kappa shape index (κ3) is 4.84. The van der Waals surface area contributed by atoms with Crippen LogP contribution in [0.5, 0.6) is 11.5 Å². The highest BCUT2D eigenvalue weighted by Gasteiger charge is 2.14. The second-order valence-corrected chi connectivity index (χ2v) is 6.77. The van der Waals surface area contributed by atoms with Crippen molar-refractivity contribution in [3.8, 4) is 11.5 Å². The van der Waals surface area contributed by atoms with Crippen molar-refractivity contribution in [1.82, 2.24) is 9.97 Å². The fourth-order valence-corrected chi connectivity index (χ4v) is 2.99. The van der Waals surface area contributed by atoms with Crippen molar-refractivity contribution in [2.45, 2.75) is 0 Å². The Morgan fingerprint density at radius 3 is 2.53 bits per heavy atom. The van der Waals surface area contributed by atoms with Crippen molar-refractivity contribution in [2.75, 3.05) is 24.4 Å². The molecule has 0 atom stereocenters. The number of ether oxygens (including phenoxy) is 2. The number of halogens is 1. The summed E-state index contributed by atoms with van der Waals surface area (Å²) in [6, 6.07) is 17.4. The molecule has 0 radical (unpaired) electrons. The summed E-state index contributed by atoms with van der Waals surface area (Å²) in [6.45, 7) is -0.293. The molecular weight excluding hydrogens is 415 g/mol. The highest BCUT2D eigenvalue weighted by Crippen LogP contribution is 2.28. The fraction of sp³-hybridized carbons (Fsp3) is 0.0870. The number of methoxy groups -OCH3 is 1. The molecule has 162 valence electrons. The van der Waals surface area contributed by atoms with Gasteiger partial charge in [-0.25, -0.2) is 9.37 Å². The maximum Gasteiger partial charge on any atom is 0.262 e. The molecular formula is C23H19FN4O4.